The predicted molar refractivity (Wildman–Crippen MR) is 46.3 cm³/mol. The second-order valence-electron chi connectivity index (χ2n) is 3.97. The fraction of sp³-hybridized carbons (Fsp3) is 0.889. The van der Waals surface area contributed by atoms with E-state index in [2.05, 4.69) is 5.32 Å². The summed E-state index contributed by atoms with van der Waals surface area (Å²) < 4.78 is 5.04. The van der Waals surface area contributed by atoms with Crippen molar-refractivity contribution in [1.29, 1.82) is 0 Å². The molecule has 1 saturated carbocycles. The highest BCUT2D eigenvalue weighted by Gasteiger charge is 2.55. The van der Waals surface area contributed by atoms with E-state index in [0.29, 0.717) is 18.4 Å². The van der Waals surface area contributed by atoms with Crippen molar-refractivity contribution in [2.75, 3.05) is 26.8 Å². The molecule has 0 aromatic carbocycles. The average Bonchev–Trinajstić information content (AvgIpc) is 2.44. The monoisotopic (exact) mass is 185 g/mol. The highest BCUT2D eigenvalue weighted by molar-refractivity contribution is 5.72. The molecule has 2 N–H and O–H groups in total. The molecular formula is C9H15NO3. The number of fused-ring (bicyclic) bond motifs is 1. The van der Waals surface area contributed by atoms with Crippen molar-refractivity contribution in [2.45, 2.75) is 0 Å². The van der Waals surface area contributed by atoms with Crippen LogP contribution in [0.5, 0.6) is 0 Å². The minimum absolute atomic E-state index is 0.181. The molecule has 74 valence electrons. The molecule has 13 heavy (non-hydrogen) atoms. The van der Waals surface area contributed by atoms with Gasteiger partial charge in [0.05, 0.1) is 12.5 Å². The lowest BCUT2D eigenvalue weighted by Gasteiger charge is -2.45. The third kappa shape index (κ3) is 1.25. The minimum atomic E-state index is -0.660. The first-order valence-corrected chi connectivity index (χ1v) is 4.68. The third-order valence-corrected chi connectivity index (χ3v) is 3.43. The van der Waals surface area contributed by atoms with Gasteiger partial charge in [-0.25, -0.2) is 0 Å². The van der Waals surface area contributed by atoms with Crippen molar-refractivity contribution in [3.8, 4) is 0 Å². The Kier molecular flexibility index (Phi) is 2.26. The zero-order valence-electron chi connectivity index (χ0n) is 7.69. The Morgan fingerprint density at radius 2 is 2.23 bits per heavy atom. The third-order valence-electron chi connectivity index (χ3n) is 3.43. The summed E-state index contributed by atoms with van der Waals surface area (Å²) in [5.74, 6) is 0.258. The van der Waals surface area contributed by atoms with Crippen molar-refractivity contribution < 1.29 is 14.6 Å². The SMILES string of the molecule is COCC1C2CNCC2C1C(=O)O. The summed E-state index contributed by atoms with van der Waals surface area (Å²) in [5, 5.41) is 12.2. The average molecular weight is 185 g/mol. The summed E-state index contributed by atoms with van der Waals surface area (Å²) in [4.78, 5) is 10.9. The first kappa shape index (κ1) is 8.97. The molecule has 4 atom stereocenters. The standard InChI is InChI=1S/C9H15NO3/c1-13-4-7-5-2-10-3-6(5)8(7)9(11)12/h5-8,10H,2-4H2,1H3,(H,11,12). The Morgan fingerprint density at radius 3 is 2.85 bits per heavy atom. The normalized spacial score (nSPS) is 42.5. The van der Waals surface area contributed by atoms with Gasteiger partial charge in [-0.3, -0.25) is 4.79 Å². The number of methoxy groups -OCH3 is 1. The van der Waals surface area contributed by atoms with E-state index >= 15 is 0 Å². The maximum absolute atomic E-state index is 10.9. The van der Waals surface area contributed by atoms with E-state index < -0.39 is 5.97 Å². The molecule has 4 nitrogen and oxygen atoms in total. The summed E-state index contributed by atoms with van der Waals surface area (Å²) in [6.07, 6.45) is 0. The van der Waals surface area contributed by atoms with Gasteiger partial charge in [0.15, 0.2) is 0 Å². The van der Waals surface area contributed by atoms with E-state index in [1.54, 1.807) is 7.11 Å². The molecule has 0 bridgehead atoms. The van der Waals surface area contributed by atoms with Crippen molar-refractivity contribution >= 4 is 5.97 Å². The summed E-state index contributed by atoms with van der Waals surface area (Å²) >= 11 is 0. The Bertz CT molecular complexity index is 219. The van der Waals surface area contributed by atoms with Gasteiger partial charge < -0.3 is 15.2 Å². The van der Waals surface area contributed by atoms with Crippen molar-refractivity contribution in [3.63, 3.8) is 0 Å². The van der Waals surface area contributed by atoms with Crippen LogP contribution in [0.15, 0.2) is 0 Å². The quantitative estimate of drug-likeness (QED) is 0.639. The van der Waals surface area contributed by atoms with Crippen LogP contribution in [0.2, 0.25) is 0 Å². The van der Waals surface area contributed by atoms with E-state index in [4.69, 9.17) is 9.84 Å². The highest BCUT2D eigenvalue weighted by Crippen LogP contribution is 2.48. The van der Waals surface area contributed by atoms with Crippen LogP contribution in [-0.4, -0.2) is 37.9 Å². The van der Waals surface area contributed by atoms with E-state index in [1.807, 2.05) is 0 Å². The molecule has 4 heteroatoms. The molecule has 1 heterocycles. The number of ether oxygens (including phenoxy) is 1. The Morgan fingerprint density at radius 1 is 1.54 bits per heavy atom. The van der Waals surface area contributed by atoms with Crippen LogP contribution in [0.25, 0.3) is 0 Å². The number of carbonyl (C=O) groups is 1. The smallest absolute Gasteiger partial charge is 0.307 e. The van der Waals surface area contributed by atoms with Gasteiger partial charge in [-0.15, -0.1) is 0 Å². The van der Waals surface area contributed by atoms with Crippen molar-refractivity contribution in [3.05, 3.63) is 0 Å². The molecule has 0 spiro atoms. The van der Waals surface area contributed by atoms with Crippen LogP contribution >= 0.6 is 0 Å². The zero-order valence-corrected chi connectivity index (χ0v) is 7.69. The molecule has 2 fully saturated rings. The van der Waals surface area contributed by atoms with E-state index in [-0.39, 0.29) is 11.8 Å². The molecule has 1 aliphatic heterocycles. The number of hydrogen-bond acceptors (Lipinski definition) is 3. The number of aliphatic carboxylic acids is 1. The molecule has 0 aromatic heterocycles. The summed E-state index contributed by atoms with van der Waals surface area (Å²) in [7, 11) is 1.63. The summed E-state index contributed by atoms with van der Waals surface area (Å²) in [6.45, 7) is 2.41. The lowest BCUT2D eigenvalue weighted by molar-refractivity contribution is -0.159. The van der Waals surface area contributed by atoms with Gasteiger partial charge >= 0.3 is 5.97 Å². The topological polar surface area (TPSA) is 58.6 Å². The largest absolute Gasteiger partial charge is 0.481 e. The number of nitrogens with one attached hydrogen (secondary N) is 1. The first-order valence-electron chi connectivity index (χ1n) is 4.68. The van der Waals surface area contributed by atoms with Gasteiger partial charge in [0.2, 0.25) is 0 Å². The molecule has 1 saturated heterocycles. The second kappa shape index (κ2) is 3.27. The van der Waals surface area contributed by atoms with E-state index in [0.717, 1.165) is 13.1 Å². The summed E-state index contributed by atoms with van der Waals surface area (Å²) in [6, 6.07) is 0. The van der Waals surface area contributed by atoms with Crippen molar-refractivity contribution in [1.82, 2.24) is 5.32 Å². The Hall–Kier alpha value is -0.610. The molecule has 1 aliphatic carbocycles. The van der Waals surface area contributed by atoms with Crippen LogP contribution < -0.4 is 5.32 Å². The second-order valence-corrected chi connectivity index (χ2v) is 3.97. The molecule has 2 rings (SSSR count). The Balaban J connectivity index is 2.03. The fourth-order valence-corrected chi connectivity index (χ4v) is 2.81. The predicted octanol–water partition coefficient (Wildman–Crippen LogP) is -0.201. The molecule has 4 unspecified atom stereocenters. The molecular weight excluding hydrogens is 170 g/mol. The van der Waals surface area contributed by atoms with Crippen LogP contribution in [-0.2, 0) is 9.53 Å². The maximum Gasteiger partial charge on any atom is 0.307 e. The molecule has 0 aromatic rings. The number of carboxylic acid groups (broad SMARTS) is 1. The summed E-state index contributed by atoms with van der Waals surface area (Å²) in [5.41, 5.74) is 0. The van der Waals surface area contributed by atoms with E-state index in [1.165, 1.54) is 0 Å². The maximum atomic E-state index is 10.9. The lowest BCUT2D eigenvalue weighted by Crippen LogP contribution is -2.51. The molecule has 2 aliphatic rings. The van der Waals surface area contributed by atoms with Gasteiger partial charge in [-0.05, 0) is 24.9 Å². The number of hydrogen-bond donors (Lipinski definition) is 2. The van der Waals surface area contributed by atoms with Crippen LogP contribution in [0.1, 0.15) is 0 Å². The highest BCUT2D eigenvalue weighted by atomic mass is 16.5. The minimum Gasteiger partial charge on any atom is -0.481 e. The number of carboxylic acids is 1. The number of rotatable bonds is 3. The van der Waals surface area contributed by atoms with Crippen molar-refractivity contribution in [2.24, 2.45) is 23.7 Å². The van der Waals surface area contributed by atoms with Crippen LogP contribution in [0.3, 0.4) is 0 Å². The zero-order chi connectivity index (χ0) is 9.42. The van der Waals surface area contributed by atoms with Gasteiger partial charge in [0.25, 0.3) is 0 Å². The molecule has 0 amide bonds. The Labute approximate surface area is 77.3 Å². The van der Waals surface area contributed by atoms with Crippen LogP contribution in [0, 0.1) is 23.7 Å². The van der Waals surface area contributed by atoms with Crippen LogP contribution in [0.4, 0.5) is 0 Å². The van der Waals surface area contributed by atoms with E-state index in [9.17, 15) is 4.79 Å². The lowest BCUT2D eigenvalue weighted by atomic mass is 9.58. The van der Waals surface area contributed by atoms with Gasteiger partial charge in [-0.1, -0.05) is 0 Å². The fourth-order valence-electron chi connectivity index (χ4n) is 2.81. The van der Waals surface area contributed by atoms with Gasteiger partial charge in [-0.2, -0.15) is 0 Å². The first-order chi connectivity index (χ1) is 6.25. The molecule has 0 radical (unpaired) electrons. The van der Waals surface area contributed by atoms with Gasteiger partial charge in [0, 0.05) is 13.0 Å². The van der Waals surface area contributed by atoms with Gasteiger partial charge in [0.1, 0.15) is 0 Å².